The van der Waals surface area contributed by atoms with Gasteiger partial charge in [0.1, 0.15) is 12.1 Å². The number of carbonyl (C=O) groups excluding carboxylic acids is 1. The molecule has 0 saturated carbocycles. The second-order valence-electron chi connectivity index (χ2n) is 7.05. The molecule has 1 aromatic carbocycles. The molecule has 0 fully saturated rings. The van der Waals surface area contributed by atoms with Crippen molar-refractivity contribution in [1.82, 2.24) is 14.9 Å². The molecule has 2 rings (SSSR count). The van der Waals surface area contributed by atoms with Gasteiger partial charge in [-0.05, 0) is 24.0 Å². The molecule has 0 aliphatic carbocycles. The molecule has 0 aliphatic rings. The Kier molecular flexibility index (Phi) is 6.20. The molecule has 0 spiro atoms. The number of aromatic nitrogens is 2. The number of carbonyl (C=O) groups is 2. The first-order valence-corrected chi connectivity index (χ1v) is 8.95. The Labute approximate surface area is 156 Å². The van der Waals surface area contributed by atoms with Crippen molar-refractivity contribution in [2.24, 2.45) is 11.8 Å². The summed E-state index contributed by atoms with van der Waals surface area (Å²) in [4.78, 5) is 52.4. The summed E-state index contributed by atoms with van der Waals surface area (Å²) in [5.74, 6) is -2.53. The molecular weight excluding hydrogens is 350 g/mol. The largest absolute Gasteiger partial charge is 0.480 e. The van der Waals surface area contributed by atoms with Gasteiger partial charge in [0.05, 0.1) is 10.9 Å². The lowest BCUT2D eigenvalue weighted by Crippen LogP contribution is -2.52. The van der Waals surface area contributed by atoms with Crippen molar-refractivity contribution in [2.75, 3.05) is 0 Å². The Hall–Kier alpha value is -2.90. The quantitative estimate of drug-likeness (QED) is 0.677. The predicted octanol–water partition coefficient (Wildman–Crippen LogP) is 1.50. The van der Waals surface area contributed by atoms with Gasteiger partial charge in [-0.15, -0.1) is 0 Å². The van der Waals surface area contributed by atoms with Gasteiger partial charge in [-0.3, -0.25) is 9.59 Å². The summed E-state index contributed by atoms with van der Waals surface area (Å²) in [6, 6.07) is 4.31. The van der Waals surface area contributed by atoms with Crippen molar-refractivity contribution in [3.05, 3.63) is 45.1 Å². The van der Waals surface area contributed by atoms with Crippen molar-refractivity contribution >= 4 is 22.8 Å². The number of hydrogen-bond acceptors (Lipinski definition) is 4. The molecule has 0 bridgehead atoms. The van der Waals surface area contributed by atoms with Gasteiger partial charge < -0.3 is 15.4 Å². The van der Waals surface area contributed by atoms with Crippen LogP contribution in [0.1, 0.15) is 40.2 Å². The molecule has 8 heteroatoms. The third-order valence-corrected chi connectivity index (χ3v) is 4.79. The van der Waals surface area contributed by atoms with Crippen molar-refractivity contribution < 1.29 is 14.7 Å². The first-order chi connectivity index (χ1) is 12.7. The normalized spacial score (nSPS) is 14.7. The van der Waals surface area contributed by atoms with E-state index in [0.29, 0.717) is 11.9 Å². The van der Waals surface area contributed by atoms with Crippen LogP contribution in [-0.2, 0) is 9.59 Å². The van der Waals surface area contributed by atoms with E-state index in [4.69, 9.17) is 0 Å². The standard InChI is InChI=1S/C19H25N3O5/c1-5-11(4)14(18(25)26)21-16(23)15(10(2)3)22-17(24)12-8-6-7-9-13(12)20-19(22)27/h6-11,14-15H,5H2,1-4H3,(H,20,27)(H,21,23)(H,25,26)/t11?,14-,15-/m0/s1. The molecule has 1 unspecified atom stereocenters. The highest BCUT2D eigenvalue weighted by Crippen LogP contribution is 2.17. The number of H-pyrrole nitrogens is 1. The SMILES string of the molecule is CCC(C)[C@H](NC(=O)[C@H](C(C)C)n1c(=O)[nH]c2ccccc2c1=O)C(=O)O. The molecule has 146 valence electrons. The van der Waals surface area contributed by atoms with Gasteiger partial charge in [0.25, 0.3) is 5.56 Å². The first kappa shape index (κ1) is 20.4. The molecule has 0 saturated heterocycles. The average Bonchev–Trinajstić information content (AvgIpc) is 2.61. The number of aliphatic carboxylic acids is 1. The van der Waals surface area contributed by atoms with Gasteiger partial charge >= 0.3 is 11.7 Å². The van der Waals surface area contributed by atoms with E-state index in [1.165, 1.54) is 0 Å². The molecular formula is C19H25N3O5. The zero-order chi connectivity index (χ0) is 20.3. The Bertz CT molecular complexity index is 960. The fourth-order valence-corrected chi connectivity index (χ4v) is 3.07. The van der Waals surface area contributed by atoms with E-state index in [9.17, 15) is 24.3 Å². The summed E-state index contributed by atoms with van der Waals surface area (Å²) < 4.78 is 0.873. The van der Waals surface area contributed by atoms with Gasteiger partial charge in [0.2, 0.25) is 5.91 Å². The van der Waals surface area contributed by atoms with Crippen LogP contribution in [0.2, 0.25) is 0 Å². The molecule has 3 atom stereocenters. The number of nitrogens with zero attached hydrogens (tertiary/aromatic N) is 1. The molecule has 3 N–H and O–H groups in total. The number of carboxylic acid groups (broad SMARTS) is 1. The van der Waals surface area contributed by atoms with E-state index in [1.807, 2.05) is 6.92 Å². The summed E-state index contributed by atoms with van der Waals surface area (Å²) in [5.41, 5.74) is -0.906. The van der Waals surface area contributed by atoms with Gasteiger partial charge in [-0.1, -0.05) is 46.2 Å². The van der Waals surface area contributed by atoms with E-state index in [0.717, 1.165) is 4.57 Å². The lowest BCUT2D eigenvalue weighted by molar-refractivity contribution is -0.144. The number of fused-ring (bicyclic) bond motifs is 1. The van der Waals surface area contributed by atoms with Crippen LogP contribution in [0, 0.1) is 11.8 Å². The van der Waals surface area contributed by atoms with Crippen LogP contribution in [0.3, 0.4) is 0 Å². The fourth-order valence-electron chi connectivity index (χ4n) is 3.07. The molecule has 1 amide bonds. The van der Waals surface area contributed by atoms with Crippen molar-refractivity contribution in [1.29, 1.82) is 0 Å². The number of carboxylic acids is 1. The lowest BCUT2D eigenvalue weighted by Gasteiger charge is -2.26. The second kappa shape index (κ2) is 8.20. The maximum absolute atomic E-state index is 12.9. The van der Waals surface area contributed by atoms with E-state index in [-0.39, 0.29) is 11.3 Å². The fraction of sp³-hybridized carbons (Fsp3) is 0.474. The number of amides is 1. The monoisotopic (exact) mass is 375 g/mol. The Morgan fingerprint density at radius 1 is 1.19 bits per heavy atom. The number of hydrogen-bond donors (Lipinski definition) is 3. The van der Waals surface area contributed by atoms with Crippen LogP contribution in [0.25, 0.3) is 10.9 Å². The van der Waals surface area contributed by atoms with Gasteiger partial charge in [0.15, 0.2) is 0 Å². The van der Waals surface area contributed by atoms with Crippen LogP contribution in [0.5, 0.6) is 0 Å². The summed E-state index contributed by atoms with van der Waals surface area (Å²) >= 11 is 0. The number of nitrogens with one attached hydrogen (secondary N) is 2. The number of benzene rings is 1. The third-order valence-electron chi connectivity index (χ3n) is 4.79. The van der Waals surface area contributed by atoms with Crippen LogP contribution in [0.4, 0.5) is 0 Å². The molecule has 1 heterocycles. The topological polar surface area (TPSA) is 121 Å². The maximum Gasteiger partial charge on any atom is 0.329 e. The molecule has 1 aromatic heterocycles. The van der Waals surface area contributed by atoms with Gasteiger partial charge in [-0.2, -0.15) is 0 Å². The van der Waals surface area contributed by atoms with Crippen molar-refractivity contribution in [3.63, 3.8) is 0 Å². The highest BCUT2D eigenvalue weighted by atomic mass is 16.4. The first-order valence-electron chi connectivity index (χ1n) is 8.95. The zero-order valence-corrected chi connectivity index (χ0v) is 15.9. The number of aromatic amines is 1. The van der Waals surface area contributed by atoms with Crippen molar-refractivity contribution in [2.45, 2.75) is 46.2 Å². The van der Waals surface area contributed by atoms with Crippen LogP contribution in [-0.4, -0.2) is 32.6 Å². The Balaban J connectivity index is 2.54. The van der Waals surface area contributed by atoms with E-state index < -0.39 is 41.1 Å². The summed E-state index contributed by atoms with van der Waals surface area (Å²) in [5, 5.41) is 12.2. The highest BCUT2D eigenvalue weighted by Gasteiger charge is 2.33. The minimum Gasteiger partial charge on any atom is -0.480 e. The Morgan fingerprint density at radius 2 is 1.81 bits per heavy atom. The maximum atomic E-state index is 12.9. The van der Waals surface area contributed by atoms with E-state index >= 15 is 0 Å². The van der Waals surface area contributed by atoms with Crippen molar-refractivity contribution in [3.8, 4) is 0 Å². The minimum absolute atomic E-state index is 0.285. The number of para-hydroxylation sites is 1. The van der Waals surface area contributed by atoms with Crippen LogP contribution in [0.15, 0.2) is 33.9 Å². The minimum atomic E-state index is -1.15. The highest BCUT2D eigenvalue weighted by molar-refractivity contribution is 5.86. The molecule has 0 radical (unpaired) electrons. The van der Waals surface area contributed by atoms with Gasteiger partial charge in [-0.25, -0.2) is 14.2 Å². The Morgan fingerprint density at radius 3 is 2.37 bits per heavy atom. The van der Waals surface area contributed by atoms with Crippen LogP contribution >= 0.6 is 0 Å². The predicted molar refractivity (Wildman–Crippen MR) is 102 cm³/mol. The molecule has 0 aliphatic heterocycles. The third kappa shape index (κ3) is 4.10. The zero-order valence-electron chi connectivity index (χ0n) is 15.9. The molecule has 2 aromatic rings. The van der Waals surface area contributed by atoms with E-state index in [1.54, 1.807) is 45.0 Å². The van der Waals surface area contributed by atoms with Crippen LogP contribution < -0.4 is 16.6 Å². The average molecular weight is 375 g/mol. The summed E-state index contributed by atoms with van der Waals surface area (Å²) in [7, 11) is 0. The van der Waals surface area contributed by atoms with E-state index in [2.05, 4.69) is 10.3 Å². The second-order valence-corrected chi connectivity index (χ2v) is 7.05. The smallest absolute Gasteiger partial charge is 0.329 e. The number of rotatable bonds is 7. The summed E-state index contributed by atoms with van der Waals surface area (Å²) in [6.07, 6.45) is 0.556. The summed E-state index contributed by atoms with van der Waals surface area (Å²) in [6.45, 7) is 6.94. The lowest BCUT2D eigenvalue weighted by atomic mass is 9.97. The molecule has 27 heavy (non-hydrogen) atoms. The molecule has 8 nitrogen and oxygen atoms in total. The van der Waals surface area contributed by atoms with Gasteiger partial charge in [0, 0.05) is 0 Å².